The Hall–Kier alpha value is -3.91. The van der Waals surface area contributed by atoms with Gasteiger partial charge in [-0.05, 0) is 60.4 Å². The van der Waals surface area contributed by atoms with Gasteiger partial charge in [0.25, 0.3) is 0 Å². The van der Waals surface area contributed by atoms with E-state index in [9.17, 15) is 8.78 Å². The molecule has 1 saturated heterocycles. The second-order valence-electron chi connectivity index (χ2n) is 9.76. The molecular formula is C30H32F2N6. The molecular weight excluding hydrogens is 482 g/mol. The van der Waals surface area contributed by atoms with Gasteiger partial charge in [0.2, 0.25) is 0 Å². The Morgan fingerprint density at radius 1 is 0.921 bits per heavy atom. The fourth-order valence-corrected chi connectivity index (χ4v) is 5.71. The fourth-order valence-electron chi connectivity index (χ4n) is 5.71. The lowest BCUT2D eigenvalue weighted by Crippen LogP contribution is -2.59. The molecule has 38 heavy (non-hydrogen) atoms. The molecule has 3 heterocycles. The van der Waals surface area contributed by atoms with Gasteiger partial charge in [0, 0.05) is 37.4 Å². The highest BCUT2D eigenvalue weighted by Gasteiger charge is 2.38. The van der Waals surface area contributed by atoms with Gasteiger partial charge < -0.3 is 4.90 Å². The lowest BCUT2D eigenvalue weighted by molar-refractivity contribution is 0.111. The quantitative estimate of drug-likeness (QED) is 0.245. The number of aromatic nitrogens is 2. The van der Waals surface area contributed by atoms with Crippen LogP contribution in [0.1, 0.15) is 43.9 Å². The van der Waals surface area contributed by atoms with Crippen LogP contribution in [-0.2, 0) is 0 Å². The van der Waals surface area contributed by atoms with Crippen molar-refractivity contribution in [1.82, 2.24) is 14.5 Å². The van der Waals surface area contributed by atoms with Crippen LogP contribution >= 0.6 is 0 Å². The van der Waals surface area contributed by atoms with E-state index in [4.69, 9.17) is 10.8 Å². The highest BCUT2D eigenvalue weighted by atomic mass is 19.1. The molecule has 2 N–H and O–H groups in total. The first kappa shape index (κ1) is 25.7. The van der Waals surface area contributed by atoms with Gasteiger partial charge in [-0.15, -0.1) is 0 Å². The lowest BCUT2D eigenvalue weighted by atomic mass is 9.91. The van der Waals surface area contributed by atoms with Crippen LogP contribution in [0.2, 0.25) is 0 Å². The molecule has 2 aromatic carbocycles. The molecule has 4 aromatic rings. The molecule has 196 valence electrons. The van der Waals surface area contributed by atoms with E-state index < -0.39 is 0 Å². The molecule has 0 spiro atoms. The molecule has 0 bridgehead atoms. The van der Waals surface area contributed by atoms with Gasteiger partial charge in [-0.25, -0.2) is 8.78 Å². The number of rotatable bonds is 7. The average Bonchev–Trinajstić information content (AvgIpc) is 2.94. The maximum absolute atomic E-state index is 13.9. The van der Waals surface area contributed by atoms with Gasteiger partial charge in [0.15, 0.2) is 0 Å². The van der Waals surface area contributed by atoms with Gasteiger partial charge in [0.1, 0.15) is 22.6 Å². The molecule has 0 amide bonds. The summed E-state index contributed by atoms with van der Waals surface area (Å²) in [4.78, 5) is 9.48. The third kappa shape index (κ3) is 4.72. The predicted octanol–water partition coefficient (Wildman–Crippen LogP) is 5.72. The van der Waals surface area contributed by atoms with Crippen LogP contribution in [0.25, 0.3) is 11.0 Å². The van der Waals surface area contributed by atoms with Gasteiger partial charge >= 0.3 is 0 Å². The van der Waals surface area contributed by atoms with Crippen LogP contribution in [-0.4, -0.2) is 46.0 Å². The molecule has 0 saturated carbocycles. The van der Waals surface area contributed by atoms with E-state index >= 15 is 0 Å². The molecule has 6 nitrogen and oxygen atoms in total. The van der Waals surface area contributed by atoms with Gasteiger partial charge in [-0.1, -0.05) is 38.1 Å². The van der Waals surface area contributed by atoms with E-state index in [1.54, 1.807) is 6.20 Å². The number of piperazine rings is 1. The minimum atomic E-state index is -0.285. The Kier molecular flexibility index (Phi) is 7.33. The number of fused-ring (bicyclic) bond motifs is 1. The van der Waals surface area contributed by atoms with E-state index in [0.717, 1.165) is 53.6 Å². The van der Waals surface area contributed by atoms with Crippen molar-refractivity contribution in [1.29, 1.82) is 10.8 Å². The van der Waals surface area contributed by atoms with Gasteiger partial charge in [-0.3, -0.25) is 25.3 Å². The summed E-state index contributed by atoms with van der Waals surface area (Å²) in [6.45, 7) is 5.77. The number of benzene rings is 2. The molecule has 0 unspecified atom stereocenters. The summed E-state index contributed by atoms with van der Waals surface area (Å²) < 4.78 is 29.2. The first-order chi connectivity index (χ1) is 18.4. The summed E-state index contributed by atoms with van der Waals surface area (Å²) in [7, 11) is 0. The Labute approximate surface area is 221 Å². The number of hydrogen-bond acceptors (Lipinski definition) is 5. The summed E-state index contributed by atoms with van der Waals surface area (Å²) in [5, 5.41) is 16.4. The minimum absolute atomic E-state index is 0.127. The summed E-state index contributed by atoms with van der Waals surface area (Å²) >= 11 is 0. The largest absolute Gasteiger partial charge is 0.364 e. The highest BCUT2D eigenvalue weighted by molar-refractivity contribution is 5.91. The monoisotopic (exact) mass is 514 g/mol. The van der Waals surface area contributed by atoms with E-state index in [1.807, 2.05) is 42.5 Å². The standard InChI is InChI=1S/C30H32F2N6/c1-3-24-18-37(30(20-7-11-22(31)12-8-20)21-9-13-23(32)14-10-21)25(4-2)17-36(24)27-16-28(34)38(19-33)26-6-5-15-35-29(26)27/h5-16,19,24-25,30,33-34H,3-4,17-18H2,1-2H3/t24-,25+/m0/s1. The molecule has 1 aliphatic heterocycles. The van der Waals surface area contributed by atoms with Crippen LogP contribution in [0.4, 0.5) is 14.5 Å². The zero-order valence-electron chi connectivity index (χ0n) is 21.6. The normalized spacial score (nSPS) is 18.3. The Bertz CT molecular complexity index is 1440. The number of anilines is 1. The molecule has 2 atom stereocenters. The Balaban J connectivity index is 1.59. The molecule has 1 aliphatic rings. The Morgan fingerprint density at radius 2 is 1.53 bits per heavy atom. The van der Waals surface area contributed by atoms with Crippen molar-refractivity contribution >= 4 is 23.1 Å². The molecule has 8 heteroatoms. The molecule has 0 aliphatic carbocycles. The second-order valence-corrected chi connectivity index (χ2v) is 9.76. The molecule has 2 aromatic heterocycles. The third-order valence-corrected chi connectivity index (χ3v) is 7.64. The average molecular weight is 515 g/mol. The highest BCUT2D eigenvalue weighted by Crippen LogP contribution is 2.37. The van der Waals surface area contributed by atoms with Crippen molar-refractivity contribution in [3.05, 3.63) is 101 Å². The maximum Gasteiger partial charge on any atom is 0.132 e. The van der Waals surface area contributed by atoms with E-state index in [0.29, 0.717) is 6.54 Å². The smallest absolute Gasteiger partial charge is 0.132 e. The summed E-state index contributed by atoms with van der Waals surface area (Å²) in [5.41, 5.74) is 4.55. The van der Waals surface area contributed by atoms with Crippen molar-refractivity contribution in [2.24, 2.45) is 0 Å². The molecule has 5 rings (SSSR count). The zero-order chi connectivity index (χ0) is 26.8. The molecule has 0 radical (unpaired) electrons. The summed E-state index contributed by atoms with van der Waals surface area (Å²) in [5.74, 6) is -0.571. The minimum Gasteiger partial charge on any atom is -0.364 e. The van der Waals surface area contributed by atoms with Gasteiger partial charge in [0.05, 0.1) is 23.6 Å². The Morgan fingerprint density at radius 3 is 2.08 bits per heavy atom. The van der Waals surface area contributed by atoms with Crippen molar-refractivity contribution in [2.75, 3.05) is 18.0 Å². The zero-order valence-corrected chi connectivity index (χ0v) is 21.6. The van der Waals surface area contributed by atoms with E-state index in [1.165, 1.54) is 28.8 Å². The van der Waals surface area contributed by atoms with Crippen molar-refractivity contribution in [3.8, 4) is 0 Å². The predicted molar refractivity (Wildman–Crippen MR) is 147 cm³/mol. The number of hydrogen-bond donors (Lipinski definition) is 2. The number of nitrogens with zero attached hydrogens (tertiary/aromatic N) is 4. The van der Waals surface area contributed by atoms with Crippen LogP contribution in [0, 0.1) is 22.5 Å². The van der Waals surface area contributed by atoms with Gasteiger partial charge in [-0.2, -0.15) is 0 Å². The first-order valence-corrected chi connectivity index (χ1v) is 13.0. The maximum atomic E-state index is 13.9. The SMILES string of the molecule is CC[C@H]1CN(C(c2ccc(F)cc2)c2ccc(F)cc2)[C@H](CC)CN1c1cc(=N)n(C=N)c2cccnc12. The fraction of sp³-hybridized carbons (Fsp3) is 0.300. The number of pyridine rings is 2. The van der Waals surface area contributed by atoms with Crippen LogP contribution < -0.4 is 10.4 Å². The summed E-state index contributed by atoms with van der Waals surface area (Å²) in [6, 6.07) is 18.8. The van der Waals surface area contributed by atoms with Crippen molar-refractivity contribution < 1.29 is 8.78 Å². The van der Waals surface area contributed by atoms with Crippen LogP contribution in [0.15, 0.2) is 72.9 Å². The third-order valence-electron chi connectivity index (χ3n) is 7.64. The van der Waals surface area contributed by atoms with Crippen molar-refractivity contribution in [2.45, 2.75) is 44.8 Å². The van der Waals surface area contributed by atoms with Crippen LogP contribution in [0.3, 0.4) is 0 Å². The lowest BCUT2D eigenvalue weighted by Gasteiger charge is -2.50. The van der Waals surface area contributed by atoms with Crippen LogP contribution in [0.5, 0.6) is 0 Å². The van der Waals surface area contributed by atoms with Crippen molar-refractivity contribution in [3.63, 3.8) is 0 Å². The number of nitrogens with one attached hydrogen (secondary N) is 2. The van der Waals surface area contributed by atoms with E-state index in [2.05, 4.69) is 28.6 Å². The first-order valence-electron chi connectivity index (χ1n) is 13.0. The topological polar surface area (TPSA) is 72.0 Å². The number of halogens is 2. The molecule has 1 fully saturated rings. The summed E-state index contributed by atoms with van der Waals surface area (Å²) in [6.07, 6.45) is 4.64. The van der Waals surface area contributed by atoms with E-state index in [-0.39, 0.29) is 35.2 Å². The second kappa shape index (κ2) is 10.8.